The molecule has 0 bridgehead atoms. The second-order valence-corrected chi connectivity index (χ2v) is 8.59. The number of benzene rings is 5. The van der Waals surface area contributed by atoms with E-state index in [0.717, 1.165) is 33.8 Å². The number of aromatic nitrogens is 3. The molecule has 0 atom stereocenters. The molecule has 195 valence electrons. The Bertz CT molecular complexity index is 1780. The van der Waals surface area contributed by atoms with Crippen LogP contribution in [0, 0.1) is 24.3 Å². The van der Waals surface area contributed by atoms with Crippen LogP contribution < -0.4 is 0 Å². The van der Waals surface area contributed by atoms with Crippen molar-refractivity contribution in [1.82, 2.24) is 15.0 Å². The Morgan fingerprint density at radius 2 is 1.29 bits per heavy atom. The smallest absolute Gasteiger partial charge is 0.0748 e. The fourth-order valence-corrected chi connectivity index (χ4v) is 4.30. The van der Waals surface area contributed by atoms with Gasteiger partial charge in [0.15, 0.2) is 0 Å². The Kier molecular flexibility index (Phi) is 12.3. The quantitative estimate of drug-likeness (QED) is 0.105. The van der Waals surface area contributed by atoms with Crippen LogP contribution in [-0.2, 0) is 52.8 Å². The van der Waals surface area contributed by atoms with Crippen LogP contribution >= 0.6 is 0 Å². The largest absolute Gasteiger partial charge is 0.352 e. The van der Waals surface area contributed by atoms with Gasteiger partial charge in [-0.15, -0.1) is 65.5 Å². The van der Waals surface area contributed by atoms with Crippen LogP contribution in [0.1, 0.15) is 0 Å². The Morgan fingerprint density at radius 1 is 0.537 bits per heavy atom. The van der Waals surface area contributed by atoms with E-state index in [2.05, 4.69) is 87.7 Å². The summed E-state index contributed by atoms with van der Waals surface area (Å²) in [5.41, 5.74) is 4.70. The van der Waals surface area contributed by atoms with E-state index in [1.54, 1.807) is 24.7 Å². The molecule has 0 saturated heterocycles. The van der Waals surface area contributed by atoms with Crippen molar-refractivity contribution in [2.24, 2.45) is 0 Å². The maximum absolute atomic E-state index is 4.40. The maximum Gasteiger partial charge on any atom is 0.0748 e. The zero-order valence-electron chi connectivity index (χ0n) is 22.0. The second kappa shape index (κ2) is 15.6. The molecule has 2 heterocycles. The normalized spacial score (nSPS) is 9.85. The van der Waals surface area contributed by atoms with Crippen molar-refractivity contribution in [1.29, 1.82) is 0 Å². The molecule has 7 rings (SSSR count). The van der Waals surface area contributed by atoms with E-state index in [0.29, 0.717) is 0 Å². The van der Waals surface area contributed by atoms with E-state index in [-0.39, 0.29) is 61.2 Å². The molecule has 7 aromatic rings. The minimum absolute atomic E-state index is 0. The Hall–Kier alpha value is -3.33. The summed E-state index contributed by atoms with van der Waals surface area (Å²) in [6, 6.07) is 49.5. The minimum Gasteiger partial charge on any atom is -0.352 e. The van der Waals surface area contributed by atoms with Crippen molar-refractivity contribution in [2.75, 3.05) is 0 Å². The molecule has 0 amide bonds. The molecule has 41 heavy (non-hydrogen) atoms. The van der Waals surface area contributed by atoms with Crippen LogP contribution in [0.5, 0.6) is 0 Å². The average Bonchev–Trinajstić information content (AvgIpc) is 3.02. The molecular formula is C35H21BIrN3Y-4. The predicted octanol–water partition coefficient (Wildman–Crippen LogP) is 7.68. The summed E-state index contributed by atoms with van der Waals surface area (Å²) in [6.07, 6.45) is 5.24. The molecule has 0 unspecified atom stereocenters. The molecule has 0 fully saturated rings. The van der Waals surface area contributed by atoms with Crippen LogP contribution in [-0.4, -0.2) is 23.4 Å². The van der Waals surface area contributed by atoms with E-state index >= 15 is 0 Å². The SMILES string of the molecule is [B].[Ir].[Y].[c-]1ccc(-c2[c-]cc3c(ccc4ccccc43)c2)[c-]c1-c1ccccn1.[c-]1ccccc1-c1ncccn1. The van der Waals surface area contributed by atoms with Crippen molar-refractivity contribution >= 4 is 30.0 Å². The first-order chi connectivity index (χ1) is 18.8. The van der Waals surface area contributed by atoms with Gasteiger partial charge in [0.05, 0.1) is 5.82 Å². The third-order valence-electron chi connectivity index (χ3n) is 6.14. The van der Waals surface area contributed by atoms with E-state index in [1.807, 2.05) is 54.6 Å². The third kappa shape index (κ3) is 7.70. The van der Waals surface area contributed by atoms with Crippen LogP contribution in [0.4, 0.5) is 0 Å². The van der Waals surface area contributed by atoms with E-state index in [4.69, 9.17) is 0 Å². The summed E-state index contributed by atoms with van der Waals surface area (Å²) in [7, 11) is 0. The van der Waals surface area contributed by atoms with Gasteiger partial charge in [-0.25, -0.2) is 6.07 Å². The number of hydrogen-bond acceptors (Lipinski definition) is 3. The monoisotopic (exact) mass is 776 g/mol. The summed E-state index contributed by atoms with van der Waals surface area (Å²) in [6.45, 7) is 0. The predicted molar refractivity (Wildman–Crippen MR) is 159 cm³/mol. The van der Waals surface area contributed by atoms with Gasteiger partial charge in [0.25, 0.3) is 0 Å². The standard InChI is InChI=1S/C25H14N.C10H7N2.B.Ir.Y/c1-2-9-23-18(6-1)11-12-21-16-20(13-14-24(21)23)19-7-5-8-22(17-19)25-10-3-4-15-26-25;1-2-5-9(6-3-1)10-11-7-4-8-12-10;;;/h1-7,9-12,14-16H;1-5,7-8H;;;/q-3;-1;;;. The first-order valence-corrected chi connectivity index (χ1v) is 12.3. The van der Waals surface area contributed by atoms with Crippen molar-refractivity contribution in [2.45, 2.75) is 0 Å². The van der Waals surface area contributed by atoms with Gasteiger partial charge in [-0.2, -0.15) is 5.56 Å². The molecule has 5 aromatic carbocycles. The van der Waals surface area contributed by atoms with Gasteiger partial charge < -0.3 is 11.1 Å². The van der Waals surface area contributed by atoms with Crippen molar-refractivity contribution in [3.8, 4) is 33.8 Å². The molecule has 0 aliphatic carbocycles. The van der Waals surface area contributed by atoms with E-state index < -0.39 is 0 Å². The van der Waals surface area contributed by atoms with Gasteiger partial charge in [-0.05, 0) is 17.5 Å². The molecule has 0 aliphatic heterocycles. The zero-order chi connectivity index (χ0) is 25.6. The number of hydrogen-bond donors (Lipinski definition) is 0. The Balaban J connectivity index is 0.000000263. The van der Waals surface area contributed by atoms with E-state index in [1.165, 1.54) is 21.5 Å². The molecule has 0 aliphatic rings. The molecule has 0 saturated carbocycles. The van der Waals surface area contributed by atoms with Gasteiger partial charge in [0.2, 0.25) is 0 Å². The first-order valence-electron chi connectivity index (χ1n) is 12.3. The number of pyridine rings is 1. The maximum atomic E-state index is 4.40. The molecule has 0 spiro atoms. The Morgan fingerprint density at radius 3 is 2.07 bits per heavy atom. The van der Waals surface area contributed by atoms with Crippen LogP contribution in [0.15, 0.2) is 128 Å². The van der Waals surface area contributed by atoms with Crippen LogP contribution in [0.3, 0.4) is 0 Å². The summed E-state index contributed by atoms with van der Waals surface area (Å²) in [5, 5.41) is 4.93. The van der Waals surface area contributed by atoms with Crippen molar-refractivity contribution < 1.29 is 52.8 Å². The van der Waals surface area contributed by atoms with E-state index in [9.17, 15) is 0 Å². The second-order valence-electron chi connectivity index (χ2n) is 8.59. The van der Waals surface area contributed by atoms with Gasteiger partial charge in [-0.1, -0.05) is 58.9 Å². The van der Waals surface area contributed by atoms with Crippen LogP contribution in [0.25, 0.3) is 55.3 Å². The molecule has 2 aromatic heterocycles. The summed E-state index contributed by atoms with van der Waals surface area (Å²) >= 11 is 0. The first kappa shape index (κ1) is 32.2. The zero-order valence-corrected chi connectivity index (χ0v) is 27.2. The van der Waals surface area contributed by atoms with Gasteiger partial charge in [0.1, 0.15) is 0 Å². The number of rotatable bonds is 3. The number of fused-ring (bicyclic) bond motifs is 3. The Labute approximate surface area is 281 Å². The third-order valence-corrected chi connectivity index (χ3v) is 6.14. The fourth-order valence-electron chi connectivity index (χ4n) is 4.30. The molecular weight excluding hydrogens is 754 g/mol. The molecule has 5 radical (unpaired) electrons. The van der Waals surface area contributed by atoms with Crippen LogP contribution in [0.2, 0.25) is 0 Å². The molecule has 6 heteroatoms. The minimum atomic E-state index is 0. The van der Waals surface area contributed by atoms with Crippen molar-refractivity contribution in [3.05, 3.63) is 152 Å². The summed E-state index contributed by atoms with van der Waals surface area (Å²) < 4.78 is 0. The molecule has 0 N–H and O–H groups in total. The van der Waals surface area contributed by atoms with Gasteiger partial charge >= 0.3 is 0 Å². The topological polar surface area (TPSA) is 38.7 Å². The summed E-state index contributed by atoms with van der Waals surface area (Å²) in [5.74, 6) is 0.720. The van der Waals surface area contributed by atoms with Crippen molar-refractivity contribution in [3.63, 3.8) is 0 Å². The molecule has 3 nitrogen and oxygen atoms in total. The van der Waals surface area contributed by atoms with Gasteiger partial charge in [-0.3, -0.25) is 33.2 Å². The average molecular weight is 776 g/mol. The summed E-state index contributed by atoms with van der Waals surface area (Å²) in [4.78, 5) is 12.6. The fraction of sp³-hybridized carbons (Fsp3) is 0. The van der Waals surface area contributed by atoms with Gasteiger partial charge in [0, 0.05) is 79.8 Å². The number of nitrogens with zero attached hydrogens (tertiary/aromatic N) is 3.